The van der Waals surface area contributed by atoms with E-state index in [9.17, 15) is 0 Å². The van der Waals surface area contributed by atoms with Crippen molar-refractivity contribution in [1.82, 2.24) is 9.97 Å². The first-order valence-electron chi connectivity index (χ1n) is 7.75. The molecule has 2 fully saturated rings. The number of nitrogens with zero attached hydrogens (tertiary/aromatic N) is 4. The summed E-state index contributed by atoms with van der Waals surface area (Å²) in [6, 6.07) is 2.19. The molecule has 0 N–H and O–H groups in total. The van der Waals surface area contributed by atoms with Gasteiger partial charge in [-0.25, -0.2) is 9.97 Å². The number of hydrogen-bond donors (Lipinski definition) is 0. The first-order valence-corrected chi connectivity index (χ1v) is 7.75. The van der Waals surface area contributed by atoms with Crippen LogP contribution in [-0.4, -0.2) is 36.1 Å². The predicted octanol–water partition coefficient (Wildman–Crippen LogP) is 2.85. The van der Waals surface area contributed by atoms with Crippen LogP contribution >= 0.6 is 0 Å². The van der Waals surface area contributed by atoms with E-state index in [1.807, 2.05) is 0 Å². The van der Waals surface area contributed by atoms with E-state index < -0.39 is 0 Å². The molecule has 0 atom stereocenters. The Balaban J connectivity index is 1.74. The molecular weight excluding hydrogens is 236 g/mol. The van der Waals surface area contributed by atoms with Crippen LogP contribution in [0.15, 0.2) is 12.4 Å². The summed E-state index contributed by atoms with van der Waals surface area (Å²) in [5, 5.41) is 0. The lowest BCUT2D eigenvalue weighted by Crippen LogP contribution is -2.31. The smallest absolute Gasteiger partial charge is 0.134 e. The van der Waals surface area contributed by atoms with Gasteiger partial charge < -0.3 is 9.80 Å². The number of anilines is 2. The molecule has 2 aliphatic heterocycles. The Labute approximate surface area is 115 Å². The Hall–Kier alpha value is -1.32. The summed E-state index contributed by atoms with van der Waals surface area (Å²) < 4.78 is 0. The highest BCUT2D eigenvalue weighted by Crippen LogP contribution is 2.23. The third-order valence-corrected chi connectivity index (χ3v) is 4.25. The van der Waals surface area contributed by atoms with Gasteiger partial charge >= 0.3 is 0 Å². The minimum Gasteiger partial charge on any atom is -0.356 e. The van der Waals surface area contributed by atoms with Crippen molar-refractivity contribution in [1.29, 1.82) is 0 Å². The molecule has 1 aromatic rings. The van der Waals surface area contributed by atoms with Crippen molar-refractivity contribution in [2.24, 2.45) is 0 Å². The Morgan fingerprint density at radius 3 is 1.53 bits per heavy atom. The van der Waals surface area contributed by atoms with Gasteiger partial charge in [0.25, 0.3) is 0 Å². The van der Waals surface area contributed by atoms with Crippen LogP contribution in [0, 0.1) is 0 Å². The molecule has 104 valence electrons. The maximum Gasteiger partial charge on any atom is 0.134 e. The van der Waals surface area contributed by atoms with E-state index in [2.05, 4.69) is 25.8 Å². The fourth-order valence-electron chi connectivity index (χ4n) is 3.11. The lowest BCUT2D eigenvalue weighted by atomic mass is 10.1. The number of hydrogen-bond acceptors (Lipinski definition) is 4. The molecule has 3 heterocycles. The van der Waals surface area contributed by atoms with Gasteiger partial charge in [0.2, 0.25) is 0 Å². The van der Waals surface area contributed by atoms with Crippen LogP contribution in [0.5, 0.6) is 0 Å². The quantitative estimate of drug-likeness (QED) is 0.818. The summed E-state index contributed by atoms with van der Waals surface area (Å²) in [5.74, 6) is 2.24. The lowest BCUT2D eigenvalue weighted by molar-refractivity contribution is 0.573. The van der Waals surface area contributed by atoms with E-state index in [0.29, 0.717) is 0 Å². The van der Waals surface area contributed by atoms with Crippen LogP contribution in [0.3, 0.4) is 0 Å². The molecular formula is C15H24N4. The summed E-state index contributed by atoms with van der Waals surface area (Å²) in [7, 11) is 0. The Morgan fingerprint density at radius 2 is 1.05 bits per heavy atom. The van der Waals surface area contributed by atoms with Crippen LogP contribution < -0.4 is 9.80 Å². The highest BCUT2D eigenvalue weighted by molar-refractivity contribution is 5.50. The summed E-state index contributed by atoms with van der Waals surface area (Å²) in [6.45, 7) is 4.60. The molecule has 4 nitrogen and oxygen atoms in total. The monoisotopic (exact) mass is 260 g/mol. The van der Waals surface area contributed by atoms with Crippen molar-refractivity contribution in [3.05, 3.63) is 12.4 Å². The number of rotatable bonds is 2. The standard InChI is InChI=1S/C15H24N4/c1-2-5-9-18(8-4-1)14-12-15(17-13-16-14)19-10-6-3-7-11-19/h12-13H,1-11H2. The van der Waals surface area contributed by atoms with Gasteiger partial charge in [0.15, 0.2) is 0 Å². The van der Waals surface area contributed by atoms with E-state index in [1.54, 1.807) is 6.33 Å². The van der Waals surface area contributed by atoms with Crippen molar-refractivity contribution in [2.75, 3.05) is 36.0 Å². The van der Waals surface area contributed by atoms with Crippen molar-refractivity contribution in [3.63, 3.8) is 0 Å². The van der Waals surface area contributed by atoms with Gasteiger partial charge in [0.1, 0.15) is 18.0 Å². The molecule has 3 rings (SSSR count). The number of piperidine rings is 1. The second kappa shape index (κ2) is 6.22. The van der Waals surface area contributed by atoms with Crippen molar-refractivity contribution >= 4 is 11.6 Å². The fraction of sp³-hybridized carbons (Fsp3) is 0.733. The molecule has 0 aromatic carbocycles. The Morgan fingerprint density at radius 1 is 0.632 bits per heavy atom. The third kappa shape index (κ3) is 3.17. The van der Waals surface area contributed by atoms with Crippen molar-refractivity contribution in [3.8, 4) is 0 Å². The maximum atomic E-state index is 4.49. The predicted molar refractivity (Wildman–Crippen MR) is 78.8 cm³/mol. The second-order valence-corrected chi connectivity index (χ2v) is 5.68. The molecule has 0 aliphatic carbocycles. The van der Waals surface area contributed by atoms with Crippen LogP contribution in [-0.2, 0) is 0 Å². The van der Waals surface area contributed by atoms with E-state index >= 15 is 0 Å². The van der Waals surface area contributed by atoms with Crippen LogP contribution in [0.25, 0.3) is 0 Å². The topological polar surface area (TPSA) is 32.3 Å². The van der Waals surface area contributed by atoms with E-state index in [-0.39, 0.29) is 0 Å². The van der Waals surface area contributed by atoms with Gasteiger partial charge in [-0.3, -0.25) is 0 Å². The average Bonchev–Trinajstić information content (AvgIpc) is 2.77. The highest BCUT2D eigenvalue weighted by atomic mass is 15.2. The first-order chi connectivity index (χ1) is 9.43. The molecule has 0 saturated carbocycles. The zero-order valence-electron chi connectivity index (χ0n) is 11.7. The van der Waals surface area contributed by atoms with Gasteiger partial charge in [-0.1, -0.05) is 12.8 Å². The largest absolute Gasteiger partial charge is 0.356 e. The minimum absolute atomic E-state index is 1.12. The van der Waals surface area contributed by atoms with Gasteiger partial charge in [0.05, 0.1) is 0 Å². The van der Waals surface area contributed by atoms with Gasteiger partial charge in [-0.2, -0.15) is 0 Å². The van der Waals surface area contributed by atoms with E-state index in [0.717, 1.165) is 37.8 Å². The zero-order valence-corrected chi connectivity index (χ0v) is 11.7. The first kappa shape index (κ1) is 12.7. The number of aromatic nitrogens is 2. The molecule has 4 heteroatoms. The molecule has 2 saturated heterocycles. The molecule has 0 spiro atoms. The summed E-state index contributed by atoms with van der Waals surface area (Å²) in [5.41, 5.74) is 0. The molecule has 2 aliphatic rings. The van der Waals surface area contributed by atoms with Crippen molar-refractivity contribution < 1.29 is 0 Å². The molecule has 1 aromatic heterocycles. The molecule has 0 unspecified atom stereocenters. The maximum absolute atomic E-state index is 4.49. The van der Waals surface area contributed by atoms with Crippen molar-refractivity contribution in [2.45, 2.75) is 44.9 Å². The van der Waals surface area contributed by atoms with Gasteiger partial charge in [-0.05, 0) is 32.1 Å². The van der Waals surface area contributed by atoms with E-state index in [4.69, 9.17) is 0 Å². The molecule has 0 amide bonds. The van der Waals surface area contributed by atoms with Gasteiger partial charge in [0, 0.05) is 32.2 Å². The Kier molecular flexibility index (Phi) is 4.16. The average molecular weight is 260 g/mol. The summed E-state index contributed by atoms with van der Waals surface area (Å²) in [4.78, 5) is 13.8. The molecule has 0 radical (unpaired) electrons. The van der Waals surface area contributed by atoms with Crippen LogP contribution in [0.4, 0.5) is 11.6 Å². The van der Waals surface area contributed by atoms with Crippen LogP contribution in [0.1, 0.15) is 44.9 Å². The minimum atomic E-state index is 1.12. The summed E-state index contributed by atoms with van der Waals surface area (Å²) in [6.07, 6.45) is 11.0. The normalized spacial score (nSPS) is 21.3. The lowest BCUT2D eigenvalue weighted by Gasteiger charge is -2.29. The van der Waals surface area contributed by atoms with Gasteiger partial charge in [-0.15, -0.1) is 0 Å². The second-order valence-electron chi connectivity index (χ2n) is 5.68. The summed E-state index contributed by atoms with van der Waals surface area (Å²) >= 11 is 0. The SMILES string of the molecule is c1nc(N2CCCCCC2)cc(N2CCCCC2)n1. The van der Waals surface area contributed by atoms with Crippen LogP contribution in [0.2, 0.25) is 0 Å². The fourth-order valence-corrected chi connectivity index (χ4v) is 3.11. The zero-order chi connectivity index (χ0) is 12.9. The molecule has 19 heavy (non-hydrogen) atoms. The Bertz CT molecular complexity index is 393. The van der Waals surface area contributed by atoms with E-state index in [1.165, 1.54) is 44.9 Å². The highest BCUT2D eigenvalue weighted by Gasteiger charge is 2.15. The third-order valence-electron chi connectivity index (χ3n) is 4.25. The molecule has 0 bridgehead atoms.